The summed E-state index contributed by atoms with van der Waals surface area (Å²) in [6, 6.07) is 8.83. The molecule has 3 aliphatic rings. The van der Waals surface area contributed by atoms with Gasteiger partial charge >= 0.3 is 0 Å². The fourth-order valence-electron chi connectivity index (χ4n) is 5.27. The van der Waals surface area contributed by atoms with Crippen LogP contribution in [-0.4, -0.2) is 54.8 Å². The first-order valence-electron chi connectivity index (χ1n) is 13.0. The van der Waals surface area contributed by atoms with Gasteiger partial charge in [0.05, 0.1) is 35.4 Å². The number of hydrogen-bond acceptors (Lipinski definition) is 8. The van der Waals surface area contributed by atoms with Gasteiger partial charge in [-0.15, -0.1) is 0 Å². The van der Waals surface area contributed by atoms with E-state index in [0.29, 0.717) is 34.7 Å². The van der Waals surface area contributed by atoms with E-state index in [1.54, 1.807) is 36.2 Å². The summed E-state index contributed by atoms with van der Waals surface area (Å²) in [6.45, 7) is 5.68. The smallest absolute Gasteiger partial charge is 0.261 e. The first-order chi connectivity index (χ1) is 18.2. The van der Waals surface area contributed by atoms with E-state index in [-0.39, 0.29) is 35.2 Å². The molecule has 0 bridgehead atoms. The van der Waals surface area contributed by atoms with Gasteiger partial charge in [0.2, 0.25) is 0 Å². The molecule has 0 aromatic heterocycles. The highest BCUT2D eigenvalue weighted by Crippen LogP contribution is 2.34. The first kappa shape index (κ1) is 26.2. The predicted molar refractivity (Wildman–Crippen MR) is 145 cm³/mol. The van der Waals surface area contributed by atoms with Crippen molar-refractivity contribution in [3.63, 3.8) is 0 Å². The second-order valence-corrected chi connectivity index (χ2v) is 11.6. The van der Waals surface area contributed by atoms with Crippen molar-refractivity contribution in [2.45, 2.75) is 70.0 Å². The lowest BCUT2D eigenvalue weighted by atomic mass is 10.1. The maximum Gasteiger partial charge on any atom is 0.261 e. The Morgan fingerprint density at radius 3 is 2.66 bits per heavy atom. The van der Waals surface area contributed by atoms with Crippen LogP contribution in [0.25, 0.3) is 0 Å². The fraction of sp³-hybridized carbons (Fsp3) is 0.444. The Morgan fingerprint density at radius 2 is 1.95 bits per heavy atom. The summed E-state index contributed by atoms with van der Waals surface area (Å²) < 4.78 is 35.2. The van der Waals surface area contributed by atoms with Crippen LogP contribution in [0.2, 0.25) is 0 Å². The number of hydrazone groups is 1. The predicted octanol–water partition coefficient (Wildman–Crippen LogP) is 3.14. The minimum atomic E-state index is -4.01. The number of nitrogens with zero attached hydrogens (tertiary/aromatic N) is 3. The summed E-state index contributed by atoms with van der Waals surface area (Å²) in [4.78, 5) is 18.0. The van der Waals surface area contributed by atoms with Crippen LogP contribution in [0.4, 0.5) is 5.69 Å². The van der Waals surface area contributed by atoms with Crippen LogP contribution in [0, 0.1) is 12.8 Å². The van der Waals surface area contributed by atoms with E-state index in [2.05, 4.69) is 10.0 Å². The number of nitrogens with one attached hydrogen (secondary N) is 2. The third-order valence-corrected chi connectivity index (χ3v) is 8.64. The molecule has 2 aromatic carbocycles. The molecule has 1 fully saturated rings. The number of fused-ring (bicyclic) bond motifs is 1. The van der Waals surface area contributed by atoms with E-state index < -0.39 is 16.1 Å². The van der Waals surface area contributed by atoms with Crippen molar-refractivity contribution in [3.8, 4) is 5.75 Å². The highest BCUT2D eigenvalue weighted by molar-refractivity contribution is 7.92. The molecule has 10 nitrogen and oxygen atoms in total. The number of carbonyl (C=O) groups excluding carboxylic acids is 1. The van der Waals surface area contributed by atoms with Gasteiger partial charge in [0.1, 0.15) is 11.6 Å². The topological polar surface area (TPSA) is 133 Å². The molecule has 38 heavy (non-hydrogen) atoms. The molecule has 1 aliphatic carbocycles. The van der Waals surface area contributed by atoms with E-state index in [9.17, 15) is 18.3 Å². The van der Waals surface area contributed by atoms with E-state index in [1.165, 1.54) is 12.1 Å². The lowest BCUT2D eigenvalue weighted by molar-refractivity contribution is -0.124. The maximum absolute atomic E-state index is 13.4. The molecular formula is C27H33N5O5S. The van der Waals surface area contributed by atoms with Gasteiger partial charge < -0.3 is 15.2 Å². The number of aliphatic imine (C=N–C) groups is 1. The average Bonchev–Trinajstić information content (AvgIpc) is 3.54. The summed E-state index contributed by atoms with van der Waals surface area (Å²) in [6.07, 6.45) is 4.28. The molecule has 0 radical (unpaired) electrons. The highest BCUT2D eigenvalue weighted by Gasteiger charge is 2.45. The molecule has 2 atom stereocenters. The minimum Gasteiger partial charge on any atom is -0.493 e. The Morgan fingerprint density at radius 1 is 1.18 bits per heavy atom. The number of aliphatic hydroxyl groups excluding tert-OH is 1. The SMILES string of the molecule is CCOc1ccc(S(=O)(=O)Nc2cc(CO)ccc2C)cc1C1=NN2C(C3CCCC3)=NC(C)C2C(=O)N1. The molecule has 2 unspecified atom stereocenters. The number of hydrogen-bond donors (Lipinski definition) is 3. The summed E-state index contributed by atoms with van der Waals surface area (Å²) in [5.41, 5.74) is 2.05. The summed E-state index contributed by atoms with van der Waals surface area (Å²) in [7, 11) is -4.01. The largest absolute Gasteiger partial charge is 0.493 e. The number of amides is 1. The Bertz CT molecular complexity index is 1410. The number of rotatable bonds is 8. The number of benzene rings is 2. The van der Waals surface area contributed by atoms with Crippen LogP contribution in [-0.2, 0) is 21.4 Å². The Balaban J connectivity index is 1.53. The van der Waals surface area contributed by atoms with Crippen LogP contribution in [0.5, 0.6) is 5.75 Å². The van der Waals surface area contributed by atoms with Crippen molar-refractivity contribution in [1.82, 2.24) is 10.3 Å². The number of ether oxygens (including phenoxy) is 1. The summed E-state index contributed by atoms with van der Waals surface area (Å²) in [5, 5.41) is 18.9. The lowest BCUT2D eigenvalue weighted by Crippen LogP contribution is -2.55. The lowest BCUT2D eigenvalue weighted by Gasteiger charge is -2.31. The number of amidine groups is 2. The number of aryl methyl sites for hydroxylation is 1. The van der Waals surface area contributed by atoms with Crippen LogP contribution < -0.4 is 14.8 Å². The van der Waals surface area contributed by atoms with Crippen molar-refractivity contribution in [3.05, 3.63) is 53.1 Å². The van der Waals surface area contributed by atoms with E-state index >= 15 is 0 Å². The van der Waals surface area contributed by atoms with E-state index in [1.807, 2.05) is 13.8 Å². The zero-order valence-electron chi connectivity index (χ0n) is 21.8. The second kappa shape index (κ2) is 10.4. The van der Waals surface area contributed by atoms with E-state index in [4.69, 9.17) is 14.8 Å². The number of anilines is 1. The Kier molecular flexibility index (Phi) is 7.15. The van der Waals surface area contributed by atoms with Crippen molar-refractivity contribution < 1.29 is 23.1 Å². The first-order valence-corrected chi connectivity index (χ1v) is 14.5. The zero-order chi connectivity index (χ0) is 27.0. The molecule has 202 valence electrons. The Labute approximate surface area is 222 Å². The third kappa shape index (κ3) is 4.88. The quantitative estimate of drug-likeness (QED) is 0.472. The maximum atomic E-state index is 13.4. The van der Waals surface area contributed by atoms with Gasteiger partial charge in [-0.25, -0.2) is 13.4 Å². The molecule has 0 saturated heterocycles. The van der Waals surface area contributed by atoms with Crippen LogP contribution in [0.1, 0.15) is 56.2 Å². The van der Waals surface area contributed by atoms with Crippen molar-refractivity contribution >= 4 is 33.3 Å². The molecule has 11 heteroatoms. The molecule has 1 amide bonds. The van der Waals surface area contributed by atoms with Crippen LogP contribution in [0.3, 0.4) is 0 Å². The third-order valence-electron chi connectivity index (χ3n) is 7.27. The molecule has 1 saturated carbocycles. The average molecular weight is 540 g/mol. The second-order valence-electron chi connectivity index (χ2n) is 9.94. The van der Waals surface area contributed by atoms with Gasteiger partial charge in [-0.3, -0.25) is 14.5 Å². The van der Waals surface area contributed by atoms with Gasteiger partial charge in [-0.1, -0.05) is 25.0 Å². The number of aliphatic hydroxyl groups is 1. The summed E-state index contributed by atoms with van der Waals surface area (Å²) >= 11 is 0. The monoisotopic (exact) mass is 539 g/mol. The molecule has 2 heterocycles. The highest BCUT2D eigenvalue weighted by atomic mass is 32.2. The zero-order valence-corrected chi connectivity index (χ0v) is 22.6. The molecule has 2 aromatic rings. The van der Waals surface area contributed by atoms with Crippen molar-refractivity contribution in [2.75, 3.05) is 11.3 Å². The van der Waals surface area contributed by atoms with Gasteiger partial charge in [-0.2, -0.15) is 5.10 Å². The number of carbonyl (C=O) groups is 1. The number of sulfonamides is 1. The van der Waals surface area contributed by atoms with Crippen LogP contribution >= 0.6 is 0 Å². The fourth-order valence-corrected chi connectivity index (χ4v) is 6.42. The van der Waals surface area contributed by atoms with Crippen molar-refractivity contribution in [2.24, 2.45) is 16.0 Å². The van der Waals surface area contributed by atoms with Crippen molar-refractivity contribution in [1.29, 1.82) is 0 Å². The van der Waals surface area contributed by atoms with Crippen LogP contribution in [0.15, 0.2) is 51.4 Å². The molecular weight excluding hydrogens is 506 g/mol. The van der Waals surface area contributed by atoms with E-state index in [0.717, 1.165) is 31.5 Å². The summed E-state index contributed by atoms with van der Waals surface area (Å²) in [5.74, 6) is 1.50. The Hall–Kier alpha value is -3.44. The molecule has 2 aliphatic heterocycles. The van der Waals surface area contributed by atoms with Gasteiger partial charge in [-0.05, 0) is 69.0 Å². The molecule has 0 spiro atoms. The van der Waals surface area contributed by atoms with Gasteiger partial charge in [0.15, 0.2) is 11.9 Å². The molecule has 3 N–H and O–H groups in total. The normalized spacial score (nSPS) is 21.6. The molecule has 5 rings (SSSR count). The minimum absolute atomic E-state index is 0.0108. The standard InChI is InChI=1S/C27H33N5O5S/c1-4-37-23-12-11-20(38(35,36)31-22-13-18(15-33)10-9-16(22)2)14-21(23)25-29-27(34)24-17(3)28-26(32(24)30-25)19-7-5-6-8-19/h9-14,17,19,24,31,33H,4-8,15H2,1-3H3,(H,29,30,34). The van der Waals surface area contributed by atoms with Gasteiger partial charge in [0, 0.05) is 5.92 Å². The van der Waals surface area contributed by atoms with Gasteiger partial charge in [0.25, 0.3) is 15.9 Å².